The highest BCUT2D eigenvalue weighted by molar-refractivity contribution is 7.99. The molecule has 4 N–H and O–H groups in total. The van der Waals surface area contributed by atoms with Crippen molar-refractivity contribution in [2.75, 3.05) is 29.9 Å². The van der Waals surface area contributed by atoms with Gasteiger partial charge < -0.3 is 30.2 Å². The molecular weight excluding hydrogens is 574 g/mol. The van der Waals surface area contributed by atoms with Crippen LogP contribution in [-0.2, 0) is 16.1 Å². The number of hydrogen-bond acceptors (Lipinski definition) is 9. The van der Waals surface area contributed by atoms with Crippen LogP contribution in [0.3, 0.4) is 0 Å². The molecule has 0 radical (unpaired) electrons. The number of imidazole rings is 1. The number of nitrogens with zero attached hydrogens (tertiary/aromatic N) is 5. The van der Waals surface area contributed by atoms with Gasteiger partial charge in [0, 0.05) is 60.0 Å². The van der Waals surface area contributed by atoms with Crippen molar-refractivity contribution < 1.29 is 14.6 Å². The average molecular weight is 608 g/mol. The summed E-state index contributed by atoms with van der Waals surface area (Å²) >= 11 is 8.26. The van der Waals surface area contributed by atoms with Crippen LogP contribution in [0.4, 0.5) is 11.5 Å². The fourth-order valence-electron chi connectivity index (χ4n) is 5.87. The fraction of sp³-hybridized carbons (Fsp3) is 0.400. The molecule has 5 heterocycles. The van der Waals surface area contributed by atoms with Gasteiger partial charge in [-0.2, -0.15) is 0 Å². The van der Waals surface area contributed by atoms with Crippen molar-refractivity contribution >= 4 is 46.4 Å². The Morgan fingerprint density at radius 1 is 1.21 bits per heavy atom. The Bertz CT molecular complexity index is 1640. The number of anilines is 2. The molecule has 1 aromatic carbocycles. The zero-order valence-electron chi connectivity index (χ0n) is 23.8. The molecule has 10 nitrogen and oxygen atoms in total. The number of piperidine rings is 1. The molecule has 42 heavy (non-hydrogen) atoms. The molecule has 1 amide bonds. The van der Waals surface area contributed by atoms with Crippen LogP contribution >= 0.6 is 23.4 Å². The fourth-order valence-corrected chi connectivity index (χ4v) is 7.05. The van der Waals surface area contributed by atoms with Crippen molar-refractivity contribution in [1.82, 2.24) is 19.4 Å². The minimum absolute atomic E-state index is 0.00577. The molecule has 3 aromatic heterocycles. The van der Waals surface area contributed by atoms with Crippen LogP contribution in [0, 0.1) is 12.3 Å². The average Bonchev–Trinajstić information content (AvgIpc) is 3.54. The van der Waals surface area contributed by atoms with Crippen molar-refractivity contribution in [1.29, 1.82) is 0 Å². The van der Waals surface area contributed by atoms with E-state index in [-0.39, 0.29) is 30.1 Å². The van der Waals surface area contributed by atoms with Gasteiger partial charge in [-0.15, -0.1) is 0 Å². The number of aliphatic hydroxyl groups excluding tert-OH is 1. The second kappa shape index (κ2) is 11.5. The third-order valence-corrected chi connectivity index (χ3v) is 10.00. The van der Waals surface area contributed by atoms with Crippen molar-refractivity contribution in [2.24, 2.45) is 11.1 Å². The summed E-state index contributed by atoms with van der Waals surface area (Å²) in [5.41, 5.74) is 10.8. The Balaban J connectivity index is 1.22. The molecule has 0 saturated carbocycles. The Morgan fingerprint density at radius 2 is 1.95 bits per heavy atom. The van der Waals surface area contributed by atoms with Crippen LogP contribution in [0.25, 0.3) is 16.9 Å². The van der Waals surface area contributed by atoms with E-state index in [9.17, 15) is 9.90 Å². The third-order valence-electron chi connectivity index (χ3n) is 8.37. The van der Waals surface area contributed by atoms with Crippen molar-refractivity contribution in [2.45, 2.75) is 62.3 Å². The maximum atomic E-state index is 11.3. The maximum Gasteiger partial charge on any atom is 0.221 e. The summed E-state index contributed by atoms with van der Waals surface area (Å²) in [5.74, 6) is 0.603. The van der Waals surface area contributed by atoms with Crippen LogP contribution < -0.4 is 16.0 Å². The maximum absolute atomic E-state index is 11.3. The van der Waals surface area contributed by atoms with Crippen LogP contribution in [-0.4, -0.2) is 62.2 Å². The lowest BCUT2D eigenvalue weighted by molar-refractivity contribution is -0.114. The summed E-state index contributed by atoms with van der Waals surface area (Å²) in [7, 11) is 0. The number of nitrogens with two attached hydrogens (primary N) is 1. The van der Waals surface area contributed by atoms with Crippen molar-refractivity contribution in [3.8, 4) is 11.3 Å². The molecule has 0 aliphatic carbocycles. The number of carbonyl (C=O) groups excluding carboxylic acids is 1. The quantitative estimate of drug-likeness (QED) is 0.286. The smallest absolute Gasteiger partial charge is 0.221 e. The predicted octanol–water partition coefficient (Wildman–Crippen LogP) is 4.69. The highest BCUT2D eigenvalue weighted by Gasteiger charge is 2.47. The second-order valence-corrected chi connectivity index (χ2v) is 12.6. The van der Waals surface area contributed by atoms with Gasteiger partial charge in [0.25, 0.3) is 0 Å². The standard InChI is InChI=1S/C30H34ClN7O3S/c1-17-29(36-23(15-39)27(33-17)37-12-9-30(10-13-37)16-41-18(2)26(30)32)42-24-8-11-38-14-22(35-28(38)25(24)31)20-4-6-21(7-5-20)34-19(3)40/h4-8,11,14,18,26,39H,9-10,12-13,15-16,32H2,1-3H3,(H,34,40)/t18-,26+/m0/s1. The summed E-state index contributed by atoms with van der Waals surface area (Å²) in [6.07, 6.45) is 5.74. The van der Waals surface area contributed by atoms with Crippen LogP contribution in [0.1, 0.15) is 38.1 Å². The molecule has 2 aliphatic rings. The van der Waals surface area contributed by atoms with Gasteiger partial charge in [-0.05, 0) is 44.9 Å². The first-order chi connectivity index (χ1) is 20.2. The molecule has 6 rings (SSSR count). The van der Waals surface area contributed by atoms with Gasteiger partial charge in [-0.25, -0.2) is 15.0 Å². The number of pyridine rings is 1. The number of aryl methyl sites for hydroxylation is 1. The van der Waals surface area contributed by atoms with Gasteiger partial charge in [-0.1, -0.05) is 35.5 Å². The number of carbonyl (C=O) groups is 1. The number of benzene rings is 1. The molecule has 1 spiro atoms. The lowest BCUT2D eigenvalue weighted by Gasteiger charge is -2.42. The van der Waals surface area contributed by atoms with Crippen LogP contribution in [0.15, 0.2) is 52.6 Å². The Labute approximate surface area is 253 Å². The zero-order valence-corrected chi connectivity index (χ0v) is 25.4. The minimum Gasteiger partial charge on any atom is -0.390 e. The van der Waals surface area contributed by atoms with Crippen LogP contribution in [0.2, 0.25) is 5.02 Å². The van der Waals surface area contributed by atoms with Gasteiger partial charge in [0.15, 0.2) is 11.5 Å². The number of amides is 1. The molecular formula is C30H34ClN7O3S. The Morgan fingerprint density at radius 3 is 2.60 bits per heavy atom. The molecule has 220 valence electrons. The Kier molecular flexibility index (Phi) is 7.88. The van der Waals surface area contributed by atoms with E-state index in [1.807, 2.05) is 61.0 Å². The van der Waals surface area contributed by atoms with E-state index in [1.165, 1.54) is 18.7 Å². The summed E-state index contributed by atoms with van der Waals surface area (Å²) < 4.78 is 7.75. The molecule has 2 atom stereocenters. The highest BCUT2D eigenvalue weighted by atomic mass is 35.5. The van der Waals surface area contributed by atoms with E-state index >= 15 is 0 Å². The lowest BCUT2D eigenvalue weighted by Crippen LogP contribution is -2.51. The number of nitrogens with one attached hydrogen (secondary N) is 1. The van der Waals surface area contributed by atoms with Crippen molar-refractivity contribution in [3.05, 3.63) is 59.1 Å². The van der Waals surface area contributed by atoms with Gasteiger partial charge in [0.05, 0.1) is 35.7 Å². The van der Waals surface area contributed by atoms with E-state index in [1.54, 1.807) is 0 Å². The summed E-state index contributed by atoms with van der Waals surface area (Å²) in [6.45, 7) is 7.52. The SMILES string of the molecule is CC(=O)Nc1ccc(-c2cn3ccc(Sc4nc(CO)c(N5CCC6(CC5)CO[C@@H](C)[C@H]6N)nc4C)c(Cl)c3n2)cc1. The van der Waals surface area contributed by atoms with Gasteiger partial charge in [0.1, 0.15) is 10.7 Å². The summed E-state index contributed by atoms with van der Waals surface area (Å²) in [6, 6.07) is 9.46. The normalized spacial score (nSPS) is 20.0. The molecule has 12 heteroatoms. The van der Waals surface area contributed by atoms with Gasteiger partial charge >= 0.3 is 0 Å². The number of ether oxygens (including phenoxy) is 1. The Hall–Kier alpha value is -3.22. The number of hydrogen-bond donors (Lipinski definition) is 3. The topological polar surface area (TPSA) is 131 Å². The number of aromatic nitrogens is 4. The van der Waals surface area contributed by atoms with E-state index in [0.29, 0.717) is 28.0 Å². The first kappa shape index (κ1) is 28.9. The highest BCUT2D eigenvalue weighted by Crippen LogP contribution is 2.43. The number of rotatable bonds is 6. The van der Waals surface area contributed by atoms with E-state index < -0.39 is 0 Å². The third kappa shape index (κ3) is 5.35. The number of halogens is 1. The monoisotopic (exact) mass is 607 g/mol. The van der Waals surface area contributed by atoms with Gasteiger partial charge in [0.2, 0.25) is 5.91 Å². The van der Waals surface area contributed by atoms with E-state index in [4.69, 9.17) is 37.0 Å². The molecule has 2 aliphatic heterocycles. The molecule has 4 aromatic rings. The van der Waals surface area contributed by atoms with Gasteiger partial charge in [-0.3, -0.25) is 4.79 Å². The van der Waals surface area contributed by atoms with Crippen LogP contribution in [0.5, 0.6) is 0 Å². The largest absolute Gasteiger partial charge is 0.390 e. The first-order valence-electron chi connectivity index (χ1n) is 14.0. The first-order valence-corrected chi connectivity index (χ1v) is 15.2. The summed E-state index contributed by atoms with van der Waals surface area (Å²) in [5, 5.41) is 14.2. The minimum atomic E-state index is -0.214. The van der Waals surface area contributed by atoms with E-state index in [2.05, 4.69) is 10.2 Å². The molecule has 2 fully saturated rings. The summed E-state index contributed by atoms with van der Waals surface area (Å²) in [4.78, 5) is 28.8. The van der Waals surface area contributed by atoms with Crippen molar-refractivity contribution in [3.63, 3.8) is 0 Å². The zero-order chi connectivity index (χ0) is 29.6. The molecule has 0 bridgehead atoms. The molecule has 0 unspecified atom stereocenters. The number of aliphatic hydroxyl groups is 1. The van der Waals surface area contributed by atoms with E-state index in [0.717, 1.165) is 59.3 Å². The predicted molar refractivity (Wildman–Crippen MR) is 164 cm³/mol. The second-order valence-electron chi connectivity index (χ2n) is 11.1. The molecule has 2 saturated heterocycles. The lowest BCUT2D eigenvalue weighted by atomic mass is 9.73. The number of fused-ring (bicyclic) bond motifs is 1.